The van der Waals surface area contributed by atoms with Crippen LogP contribution in [0.4, 0.5) is 13.2 Å². The Morgan fingerprint density at radius 3 is 2.57 bits per heavy atom. The van der Waals surface area contributed by atoms with Gasteiger partial charge in [-0.2, -0.15) is 13.2 Å². The number of imidazole rings is 1. The fourth-order valence-corrected chi connectivity index (χ4v) is 4.01. The Morgan fingerprint density at radius 1 is 1.10 bits per heavy atom. The lowest BCUT2D eigenvalue weighted by molar-refractivity contribution is -0.137. The maximum absolute atomic E-state index is 13.2. The van der Waals surface area contributed by atoms with Crippen molar-refractivity contribution in [3.63, 3.8) is 0 Å². The number of halogens is 3. The zero-order valence-corrected chi connectivity index (χ0v) is 16.9. The molecule has 0 saturated carbocycles. The maximum atomic E-state index is 13.2. The Labute approximate surface area is 172 Å². The molecule has 5 nitrogen and oxygen atoms in total. The van der Waals surface area contributed by atoms with Crippen molar-refractivity contribution < 1.29 is 22.6 Å². The van der Waals surface area contributed by atoms with Gasteiger partial charge in [0.15, 0.2) is 11.5 Å². The third kappa shape index (κ3) is 3.96. The van der Waals surface area contributed by atoms with E-state index in [1.807, 2.05) is 22.8 Å². The topological polar surface area (TPSA) is 48.3 Å². The van der Waals surface area contributed by atoms with E-state index in [4.69, 9.17) is 9.47 Å². The van der Waals surface area contributed by atoms with Crippen LogP contribution in [-0.2, 0) is 19.1 Å². The molecule has 1 aromatic heterocycles. The highest BCUT2D eigenvalue weighted by Gasteiger charge is 2.31. The smallest absolute Gasteiger partial charge is 0.416 e. The normalized spacial score (nSPS) is 16.9. The summed E-state index contributed by atoms with van der Waals surface area (Å²) in [6.45, 7) is 1.49. The van der Waals surface area contributed by atoms with Crippen LogP contribution in [0.5, 0.6) is 11.5 Å². The summed E-state index contributed by atoms with van der Waals surface area (Å²) in [7, 11) is 3.18. The number of hydrogen-bond donors (Lipinski definition) is 1. The van der Waals surface area contributed by atoms with E-state index >= 15 is 0 Å². The van der Waals surface area contributed by atoms with Crippen molar-refractivity contribution in [2.45, 2.75) is 38.0 Å². The van der Waals surface area contributed by atoms with E-state index in [9.17, 15) is 13.2 Å². The number of nitrogens with one attached hydrogen (secondary N) is 1. The van der Waals surface area contributed by atoms with Crippen molar-refractivity contribution in [3.05, 3.63) is 53.3 Å². The number of alkyl halides is 3. The number of aryl methyl sites for hydroxylation is 2. The Morgan fingerprint density at radius 2 is 1.90 bits per heavy atom. The number of rotatable bonds is 6. The number of fused-ring (bicyclic) bond motifs is 1. The zero-order valence-electron chi connectivity index (χ0n) is 16.9. The van der Waals surface area contributed by atoms with Crippen LogP contribution in [0.3, 0.4) is 0 Å². The van der Waals surface area contributed by atoms with E-state index in [-0.39, 0.29) is 6.04 Å². The highest BCUT2D eigenvalue weighted by Crippen LogP contribution is 2.34. The second-order valence-corrected chi connectivity index (χ2v) is 7.41. The molecule has 1 fully saturated rings. The molecule has 1 atom stereocenters. The molecule has 0 amide bonds. The van der Waals surface area contributed by atoms with Crippen molar-refractivity contribution in [2.75, 3.05) is 20.8 Å². The van der Waals surface area contributed by atoms with Gasteiger partial charge in [-0.05, 0) is 61.7 Å². The van der Waals surface area contributed by atoms with Gasteiger partial charge >= 0.3 is 6.18 Å². The fourth-order valence-electron chi connectivity index (χ4n) is 4.01. The van der Waals surface area contributed by atoms with Crippen LogP contribution in [0.25, 0.3) is 11.0 Å². The maximum Gasteiger partial charge on any atom is 0.416 e. The first-order valence-corrected chi connectivity index (χ1v) is 9.92. The van der Waals surface area contributed by atoms with E-state index in [2.05, 4.69) is 10.3 Å². The third-order valence-electron chi connectivity index (χ3n) is 5.55. The largest absolute Gasteiger partial charge is 0.493 e. The molecule has 0 aliphatic carbocycles. The Bertz CT molecular complexity index is 1040. The minimum Gasteiger partial charge on any atom is -0.493 e. The molecule has 30 heavy (non-hydrogen) atoms. The van der Waals surface area contributed by atoms with Crippen LogP contribution >= 0.6 is 0 Å². The van der Waals surface area contributed by atoms with Gasteiger partial charge in [-0.15, -0.1) is 0 Å². The molecule has 1 N–H and O–H groups in total. The molecule has 1 aliphatic heterocycles. The van der Waals surface area contributed by atoms with Gasteiger partial charge in [-0.1, -0.05) is 6.07 Å². The zero-order chi connectivity index (χ0) is 21.3. The van der Waals surface area contributed by atoms with Gasteiger partial charge in [0.2, 0.25) is 0 Å². The number of methoxy groups -OCH3 is 2. The SMILES string of the molecule is COc1ccc(CCn2c(C3CCCN3)nc3cc(C(F)(F)F)ccc32)cc1OC. The van der Waals surface area contributed by atoms with Crippen LogP contribution in [0, 0.1) is 0 Å². The highest BCUT2D eigenvalue weighted by molar-refractivity contribution is 5.77. The van der Waals surface area contributed by atoms with Crippen LogP contribution in [0.1, 0.15) is 35.8 Å². The predicted octanol–water partition coefficient (Wildman–Crippen LogP) is 4.74. The van der Waals surface area contributed by atoms with Crippen LogP contribution in [0.2, 0.25) is 0 Å². The van der Waals surface area contributed by atoms with Gasteiger partial charge in [0.25, 0.3) is 0 Å². The molecule has 0 spiro atoms. The molecule has 8 heteroatoms. The number of aromatic nitrogens is 2. The van der Waals surface area contributed by atoms with Crippen molar-refractivity contribution in [1.82, 2.24) is 14.9 Å². The lowest BCUT2D eigenvalue weighted by atomic mass is 10.1. The molecule has 4 rings (SSSR count). The van der Waals surface area contributed by atoms with Crippen molar-refractivity contribution in [3.8, 4) is 11.5 Å². The molecular weight excluding hydrogens is 395 g/mol. The van der Waals surface area contributed by atoms with E-state index in [0.717, 1.165) is 42.9 Å². The van der Waals surface area contributed by atoms with Crippen molar-refractivity contribution in [1.29, 1.82) is 0 Å². The molecule has 1 saturated heterocycles. The lowest BCUT2D eigenvalue weighted by Crippen LogP contribution is -2.18. The van der Waals surface area contributed by atoms with E-state index in [1.54, 1.807) is 14.2 Å². The Balaban J connectivity index is 1.68. The van der Waals surface area contributed by atoms with Crippen molar-refractivity contribution in [2.24, 2.45) is 0 Å². The summed E-state index contributed by atoms with van der Waals surface area (Å²) < 4.78 is 52.2. The van der Waals surface area contributed by atoms with E-state index < -0.39 is 11.7 Å². The number of nitrogens with zero attached hydrogens (tertiary/aromatic N) is 2. The lowest BCUT2D eigenvalue weighted by Gasteiger charge is -2.15. The summed E-state index contributed by atoms with van der Waals surface area (Å²) >= 11 is 0. The second kappa shape index (κ2) is 8.18. The van der Waals surface area contributed by atoms with Gasteiger partial charge in [0.05, 0.1) is 36.9 Å². The summed E-state index contributed by atoms with van der Waals surface area (Å²) in [5, 5.41) is 3.41. The van der Waals surface area contributed by atoms with Crippen LogP contribution < -0.4 is 14.8 Å². The third-order valence-corrected chi connectivity index (χ3v) is 5.55. The molecule has 160 valence electrons. The summed E-state index contributed by atoms with van der Waals surface area (Å²) in [4.78, 5) is 4.60. The average Bonchev–Trinajstić information content (AvgIpc) is 3.38. The van der Waals surface area contributed by atoms with E-state index in [1.165, 1.54) is 6.07 Å². The highest BCUT2D eigenvalue weighted by atomic mass is 19.4. The average molecular weight is 419 g/mol. The predicted molar refractivity (Wildman–Crippen MR) is 108 cm³/mol. The summed E-state index contributed by atoms with van der Waals surface area (Å²) in [5.41, 5.74) is 1.46. The molecule has 0 bridgehead atoms. The minimum absolute atomic E-state index is 0.0529. The van der Waals surface area contributed by atoms with Gasteiger partial charge in [-0.3, -0.25) is 0 Å². The standard InChI is InChI=1S/C22H24F3N3O2/c1-29-19-8-5-14(12-20(19)30-2)9-11-28-18-7-6-15(22(23,24)25)13-17(18)27-21(28)16-4-3-10-26-16/h5-8,12-13,16,26H,3-4,9-11H2,1-2H3. The second-order valence-electron chi connectivity index (χ2n) is 7.41. The first-order valence-electron chi connectivity index (χ1n) is 9.92. The molecule has 2 heterocycles. The number of benzene rings is 2. The van der Waals surface area contributed by atoms with Crippen molar-refractivity contribution >= 4 is 11.0 Å². The quantitative estimate of drug-likeness (QED) is 0.627. The summed E-state index contributed by atoms with van der Waals surface area (Å²) in [6.07, 6.45) is -1.75. The van der Waals surface area contributed by atoms with Gasteiger partial charge in [0, 0.05) is 6.54 Å². The minimum atomic E-state index is -4.39. The molecular formula is C22H24F3N3O2. The molecule has 2 aromatic carbocycles. The van der Waals surface area contributed by atoms with Gasteiger partial charge < -0.3 is 19.4 Å². The molecule has 3 aromatic rings. The van der Waals surface area contributed by atoms with Gasteiger partial charge in [-0.25, -0.2) is 4.98 Å². The Kier molecular flexibility index (Phi) is 5.60. The van der Waals surface area contributed by atoms with Crippen LogP contribution in [-0.4, -0.2) is 30.3 Å². The Hall–Kier alpha value is -2.74. The summed E-state index contributed by atoms with van der Waals surface area (Å²) in [5.74, 6) is 2.10. The first-order chi connectivity index (χ1) is 14.4. The monoisotopic (exact) mass is 419 g/mol. The summed E-state index contributed by atoms with van der Waals surface area (Å²) in [6, 6.07) is 9.59. The molecule has 0 radical (unpaired) electrons. The van der Waals surface area contributed by atoms with Crippen LogP contribution in [0.15, 0.2) is 36.4 Å². The van der Waals surface area contributed by atoms with E-state index in [0.29, 0.717) is 35.5 Å². The number of hydrogen-bond acceptors (Lipinski definition) is 4. The molecule has 1 unspecified atom stereocenters. The number of ether oxygens (including phenoxy) is 2. The van der Waals surface area contributed by atoms with Gasteiger partial charge in [0.1, 0.15) is 5.82 Å². The molecule has 1 aliphatic rings. The fraction of sp³-hybridized carbons (Fsp3) is 0.409. The first kappa shape index (κ1) is 20.5.